The van der Waals surface area contributed by atoms with E-state index in [1.165, 1.54) is 0 Å². The van der Waals surface area contributed by atoms with E-state index in [-0.39, 0.29) is 12.0 Å². The van der Waals surface area contributed by atoms with Crippen LogP contribution >= 0.6 is 0 Å². The van der Waals surface area contributed by atoms with Gasteiger partial charge in [-0.25, -0.2) is 14.3 Å². The maximum Gasteiger partial charge on any atom is 0.416 e. The van der Waals surface area contributed by atoms with Crippen molar-refractivity contribution in [3.8, 4) is 23.0 Å². The van der Waals surface area contributed by atoms with E-state index in [1.807, 2.05) is 90.9 Å². The van der Waals surface area contributed by atoms with Crippen LogP contribution in [-0.4, -0.2) is 57.7 Å². The summed E-state index contributed by atoms with van der Waals surface area (Å²) in [6, 6.07) is 19.3. The van der Waals surface area contributed by atoms with Crippen molar-refractivity contribution in [2.24, 2.45) is 5.92 Å². The van der Waals surface area contributed by atoms with Gasteiger partial charge >= 0.3 is 12.2 Å². The SMILES string of the molecule is Cc1ccc(-c2cc(N(C[C@H]3CCN(C(=O)OC(C)(C)C)C3)C(=O)OC(C)(C)C)nn2-c2ccc(C#N)cc2)cc1. The van der Waals surface area contributed by atoms with Gasteiger partial charge in [0.05, 0.1) is 23.0 Å². The molecule has 1 aliphatic rings. The third-order valence-electron chi connectivity index (χ3n) is 6.55. The molecule has 1 fully saturated rings. The molecule has 4 rings (SSSR count). The Bertz CT molecular complexity index is 1420. The van der Waals surface area contributed by atoms with Crippen LogP contribution < -0.4 is 4.90 Å². The number of carbonyl (C=O) groups excluding carboxylic acids is 2. The van der Waals surface area contributed by atoms with Crippen LogP contribution in [0.15, 0.2) is 54.6 Å². The van der Waals surface area contributed by atoms with Gasteiger partial charge in [-0.05, 0) is 85.1 Å². The minimum absolute atomic E-state index is 0.0120. The molecular formula is C32H39N5O4. The predicted octanol–water partition coefficient (Wildman–Crippen LogP) is 6.72. The van der Waals surface area contributed by atoms with Gasteiger partial charge in [0.2, 0.25) is 0 Å². The molecule has 0 saturated carbocycles. The van der Waals surface area contributed by atoms with Gasteiger partial charge in [-0.1, -0.05) is 29.8 Å². The van der Waals surface area contributed by atoms with Crippen LogP contribution in [0.1, 0.15) is 59.1 Å². The maximum absolute atomic E-state index is 13.6. The van der Waals surface area contributed by atoms with E-state index in [4.69, 9.17) is 14.6 Å². The molecule has 9 nitrogen and oxygen atoms in total. The molecule has 2 amide bonds. The number of rotatable bonds is 5. The van der Waals surface area contributed by atoms with Crippen LogP contribution in [0.3, 0.4) is 0 Å². The van der Waals surface area contributed by atoms with Gasteiger partial charge in [-0.3, -0.25) is 4.90 Å². The van der Waals surface area contributed by atoms with Crippen molar-refractivity contribution in [3.05, 3.63) is 65.7 Å². The molecule has 0 aliphatic carbocycles. The number of aryl methyl sites for hydroxylation is 1. The van der Waals surface area contributed by atoms with Gasteiger partial charge in [-0.15, -0.1) is 5.10 Å². The molecule has 0 radical (unpaired) electrons. The molecule has 0 spiro atoms. The lowest BCUT2D eigenvalue weighted by Gasteiger charge is -2.28. The smallest absolute Gasteiger partial charge is 0.416 e. The fourth-order valence-electron chi connectivity index (χ4n) is 4.62. The second-order valence-corrected chi connectivity index (χ2v) is 12.5. The third-order valence-corrected chi connectivity index (χ3v) is 6.55. The molecule has 41 heavy (non-hydrogen) atoms. The summed E-state index contributed by atoms with van der Waals surface area (Å²) in [5.41, 5.74) is 2.87. The first kappa shape index (κ1) is 29.7. The number of benzene rings is 2. The van der Waals surface area contributed by atoms with Crippen molar-refractivity contribution in [2.75, 3.05) is 24.5 Å². The quantitative estimate of drug-likeness (QED) is 0.345. The lowest BCUT2D eigenvalue weighted by molar-refractivity contribution is 0.0288. The molecule has 2 aromatic carbocycles. The van der Waals surface area contributed by atoms with Gasteiger partial charge < -0.3 is 14.4 Å². The van der Waals surface area contributed by atoms with Crippen LogP contribution in [0.4, 0.5) is 15.4 Å². The summed E-state index contributed by atoms with van der Waals surface area (Å²) in [6.45, 7) is 14.4. The first-order chi connectivity index (χ1) is 19.2. The summed E-state index contributed by atoms with van der Waals surface area (Å²) in [5, 5.41) is 14.2. The number of nitriles is 1. The van der Waals surface area contributed by atoms with E-state index < -0.39 is 17.3 Å². The topological polar surface area (TPSA) is 101 Å². The highest BCUT2D eigenvalue weighted by atomic mass is 16.6. The zero-order valence-electron chi connectivity index (χ0n) is 25.0. The Hall–Kier alpha value is -4.32. The standard InChI is InChI=1S/C32H39N5O4/c1-22-8-12-25(13-9-22)27-18-28(34-37(27)26-14-10-23(19-33)11-15-26)36(30(39)41-32(5,6)7)21-24-16-17-35(20-24)29(38)40-31(2,3)4/h8-15,18,24H,16-17,20-21H2,1-7H3/t24-/m0/s1. The first-order valence-electron chi connectivity index (χ1n) is 13.9. The second-order valence-electron chi connectivity index (χ2n) is 12.5. The van der Waals surface area contributed by atoms with Crippen molar-refractivity contribution >= 4 is 18.0 Å². The number of hydrogen-bond donors (Lipinski definition) is 0. The van der Waals surface area contributed by atoms with Gasteiger partial charge in [-0.2, -0.15) is 5.26 Å². The normalized spacial score (nSPS) is 15.4. The van der Waals surface area contributed by atoms with Gasteiger partial charge in [0, 0.05) is 31.3 Å². The summed E-state index contributed by atoms with van der Waals surface area (Å²) < 4.78 is 13.1. The summed E-state index contributed by atoms with van der Waals surface area (Å²) in [7, 11) is 0. The fraction of sp³-hybridized carbons (Fsp3) is 0.438. The Labute approximate surface area is 242 Å². The zero-order chi connectivity index (χ0) is 29.9. The summed E-state index contributed by atoms with van der Waals surface area (Å²) >= 11 is 0. The minimum Gasteiger partial charge on any atom is -0.444 e. The molecule has 2 heterocycles. The van der Waals surface area contributed by atoms with Crippen molar-refractivity contribution < 1.29 is 19.1 Å². The molecular weight excluding hydrogens is 518 g/mol. The lowest BCUT2D eigenvalue weighted by atomic mass is 10.1. The summed E-state index contributed by atoms with van der Waals surface area (Å²) in [4.78, 5) is 29.5. The monoisotopic (exact) mass is 557 g/mol. The highest BCUT2D eigenvalue weighted by Crippen LogP contribution is 2.31. The van der Waals surface area contributed by atoms with Gasteiger partial charge in [0.15, 0.2) is 5.82 Å². The van der Waals surface area contributed by atoms with Crippen LogP contribution in [-0.2, 0) is 9.47 Å². The average Bonchev–Trinajstić information content (AvgIpc) is 3.53. The predicted molar refractivity (Wildman–Crippen MR) is 158 cm³/mol. The third kappa shape index (κ3) is 7.66. The number of likely N-dealkylation sites (tertiary alicyclic amines) is 1. The molecule has 1 aliphatic heterocycles. The van der Waals surface area contributed by atoms with Crippen molar-refractivity contribution in [3.63, 3.8) is 0 Å². The van der Waals surface area contributed by atoms with Gasteiger partial charge in [0.25, 0.3) is 0 Å². The highest BCUT2D eigenvalue weighted by molar-refractivity contribution is 5.88. The van der Waals surface area contributed by atoms with Crippen molar-refractivity contribution in [2.45, 2.75) is 66.1 Å². The molecule has 9 heteroatoms. The van der Waals surface area contributed by atoms with E-state index in [9.17, 15) is 14.9 Å². The molecule has 216 valence electrons. The first-order valence-corrected chi connectivity index (χ1v) is 13.9. The van der Waals surface area contributed by atoms with Crippen LogP contribution in [0.5, 0.6) is 0 Å². The minimum atomic E-state index is -0.705. The molecule has 3 aromatic rings. The van der Waals surface area contributed by atoms with Gasteiger partial charge in [0.1, 0.15) is 11.2 Å². The van der Waals surface area contributed by atoms with E-state index in [0.29, 0.717) is 31.0 Å². The average molecular weight is 558 g/mol. The second kappa shape index (κ2) is 11.7. The Morgan fingerprint density at radius 2 is 1.63 bits per heavy atom. The van der Waals surface area contributed by atoms with Crippen molar-refractivity contribution in [1.29, 1.82) is 5.26 Å². The van der Waals surface area contributed by atoms with E-state index >= 15 is 0 Å². The molecule has 1 atom stereocenters. The van der Waals surface area contributed by atoms with Crippen LogP contribution in [0, 0.1) is 24.2 Å². The zero-order valence-corrected chi connectivity index (χ0v) is 25.0. The number of hydrogen-bond acceptors (Lipinski definition) is 6. The Kier molecular flexibility index (Phi) is 8.43. The molecule has 1 aromatic heterocycles. The lowest BCUT2D eigenvalue weighted by Crippen LogP contribution is -2.41. The van der Waals surface area contributed by atoms with E-state index in [1.54, 1.807) is 26.6 Å². The summed E-state index contributed by atoms with van der Waals surface area (Å²) in [5.74, 6) is 0.452. The number of anilines is 1. The van der Waals surface area contributed by atoms with E-state index in [0.717, 1.165) is 28.9 Å². The Balaban J connectivity index is 1.70. The maximum atomic E-state index is 13.6. The van der Waals surface area contributed by atoms with Crippen LogP contribution in [0.2, 0.25) is 0 Å². The number of aromatic nitrogens is 2. The molecule has 0 N–H and O–H groups in total. The van der Waals surface area contributed by atoms with E-state index in [2.05, 4.69) is 6.07 Å². The fourth-order valence-corrected chi connectivity index (χ4v) is 4.62. The van der Waals surface area contributed by atoms with Crippen LogP contribution in [0.25, 0.3) is 16.9 Å². The number of amides is 2. The molecule has 0 unspecified atom stereocenters. The number of ether oxygens (including phenoxy) is 2. The highest BCUT2D eigenvalue weighted by Gasteiger charge is 2.34. The van der Waals surface area contributed by atoms with Crippen molar-refractivity contribution in [1.82, 2.24) is 14.7 Å². The molecule has 1 saturated heterocycles. The molecule has 0 bridgehead atoms. The Morgan fingerprint density at radius 1 is 1.00 bits per heavy atom. The number of carbonyl (C=O) groups is 2. The largest absolute Gasteiger partial charge is 0.444 e. The summed E-state index contributed by atoms with van der Waals surface area (Å²) in [6.07, 6.45) is -0.136. The number of nitrogens with zero attached hydrogens (tertiary/aromatic N) is 5. The Morgan fingerprint density at radius 3 is 2.22 bits per heavy atom.